The van der Waals surface area contributed by atoms with E-state index in [2.05, 4.69) is 59.7 Å². The number of nitrogens with one attached hydrogen (secondary N) is 1. The van der Waals surface area contributed by atoms with Gasteiger partial charge in [-0.05, 0) is 59.6 Å². The Morgan fingerprint density at radius 1 is 1.26 bits per heavy atom. The largest absolute Gasteiger partial charge is 0.373 e. The van der Waals surface area contributed by atoms with Gasteiger partial charge in [0.15, 0.2) is 0 Å². The van der Waals surface area contributed by atoms with E-state index >= 15 is 0 Å². The fraction of sp³-hybridized carbons (Fsp3) is 0.733. The van der Waals surface area contributed by atoms with Crippen molar-refractivity contribution in [3.8, 4) is 0 Å². The highest BCUT2D eigenvalue weighted by molar-refractivity contribution is 9.10. The molecule has 1 aromatic heterocycles. The van der Waals surface area contributed by atoms with Crippen LogP contribution in [0.2, 0.25) is 0 Å². The predicted molar refractivity (Wildman–Crippen MR) is 88.0 cm³/mol. The van der Waals surface area contributed by atoms with Crippen molar-refractivity contribution in [2.45, 2.75) is 58.6 Å². The van der Waals surface area contributed by atoms with Crippen molar-refractivity contribution in [3.63, 3.8) is 0 Å². The Morgan fingerprint density at radius 3 is 2.37 bits per heavy atom. The molecule has 0 bridgehead atoms. The molecule has 0 saturated heterocycles. The number of hydrogen-bond acceptors (Lipinski definition) is 3. The Kier molecular flexibility index (Phi) is 7.58. The van der Waals surface area contributed by atoms with E-state index in [4.69, 9.17) is 4.74 Å². The number of thiophene rings is 1. The zero-order chi connectivity index (χ0) is 14.3. The Bertz CT molecular complexity index is 363. The van der Waals surface area contributed by atoms with Gasteiger partial charge in [-0.3, -0.25) is 0 Å². The summed E-state index contributed by atoms with van der Waals surface area (Å²) in [6.45, 7) is 10.5. The van der Waals surface area contributed by atoms with Crippen molar-refractivity contribution in [2.75, 3.05) is 13.2 Å². The van der Waals surface area contributed by atoms with Gasteiger partial charge < -0.3 is 10.1 Å². The van der Waals surface area contributed by atoms with E-state index in [1.807, 2.05) is 0 Å². The van der Waals surface area contributed by atoms with Gasteiger partial charge >= 0.3 is 0 Å². The van der Waals surface area contributed by atoms with Gasteiger partial charge in [0.1, 0.15) is 0 Å². The lowest BCUT2D eigenvalue weighted by molar-refractivity contribution is -0.0733. The van der Waals surface area contributed by atoms with Crippen LogP contribution in [0.3, 0.4) is 0 Å². The van der Waals surface area contributed by atoms with Crippen LogP contribution in [0.15, 0.2) is 15.2 Å². The molecule has 0 spiro atoms. The lowest BCUT2D eigenvalue weighted by Crippen LogP contribution is -2.45. The van der Waals surface area contributed by atoms with Crippen LogP contribution >= 0.6 is 27.3 Å². The molecule has 0 aliphatic rings. The smallest absolute Gasteiger partial charge is 0.0871 e. The maximum absolute atomic E-state index is 6.19. The Morgan fingerprint density at radius 2 is 1.95 bits per heavy atom. The molecule has 1 aromatic rings. The maximum atomic E-state index is 6.19. The molecule has 0 aliphatic carbocycles. The highest BCUT2D eigenvalue weighted by atomic mass is 79.9. The Hall–Kier alpha value is 0.1000. The van der Waals surface area contributed by atoms with Gasteiger partial charge in [-0.1, -0.05) is 20.8 Å². The standard InChI is InChI=1S/C15H26BrNOS/c1-5-9-17-14(12-10-19-11-13(12)16)15(6-2,7-3)18-8-4/h10-11,14,17H,5-9H2,1-4H3. The van der Waals surface area contributed by atoms with Gasteiger partial charge in [0.05, 0.1) is 11.6 Å². The van der Waals surface area contributed by atoms with Crippen LogP contribution in [0.1, 0.15) is 58.6 Å². The van der Waals surface area contributed by atoms with Gasteiger partial charge in [-0.2, -0.15) is 11.3 Å². The molecule has 1 unspecified atom stereocenters. The van der Waals surface area contributed by atoms with Crippen LogP contribution in [0.4, 0.5) is 0 Å². The summed E-state index contributed by atoms with van der Waals surface area (Å²) in [7, 11) is 0. The van der Waals surface area contributed by atoms with E-state index in [1.54, 1.807) is 11.3 Å². The Balaban J connectivity index is 3.09. The zero-order valence-corrected chi connectivity index (χ0v) is 14.9. The molecule has 4 heteroatoms. The van der Waals surface area contributed by atoms with Gasteiger partial charge in [-0.15, -0.1) is 0 Å². The minimum atomic E-state index is -0.118. The van der Waals surface area contributed by atoms with Crippen molar-refractivity contribution in [1.29, 1.82) is 0 Å². The molecule has 0 aromatic carbocycles. The van der Waals surface area contributed by atoms with E-state index < -0.39 is 0 Å². The lowest BCUT2D eigenvalue weighted by Gasteiger charge is -2.40. The van der Waals surface area contributed by atoms with Gasteiger partial charge in [0, 0.05) is 16.5 Å². The second-order valence-corrected chi connectivity index (χ2v) is 6.37. The van der Waals surface area contributed by atoms with Gasteiger partial charge in [0.2, 0.25) is 0 Å². The first kappa shape index (κ1) is 17.2. The highest BCUT2D eigenvalue weighted by Gasteiger charge is 2.38. The zero-order valence-electron chi connectivity index (χ0n) is 12.5. The first-order valence-corrected chi connectivity index (χ1v) is 8.97. The average molecular weight is 348 g/mol. The van der Waals surface area contributed by atoms with Gasteiger partial charge in [0.25, 0.3) is 0 Å². The number of hydrogen-bond donors (Lipinski definition) is 1. The molecule has 1 heterocycles. The normalized spacial score (nSPS) is 13.7. The van der Waals surface area contributed by atoms with Crippen molar-refractivity contribution in [3.05, 3.63) is 20.8 Å². The highest BCUT2D eigenvalue weighted by Crippen LogP contribution is 2.39. The summed E-state index contributed by atoms with van der Waals surface area (Å²) in [5.41, 5.74) is 1.21. The number of rotatable bonds is 9. The fourth-order valence-electron chi connectivity index (χ4n) is 2.60. The monoisotopic (exact) mass is 347 g/mol. The van der Waals surface area contributed by atoms with E-state index in [0.29, 0.717) is 0 Å². The molecular weight excluding hydrogens is 322 g/mol. The van der Waals surface area contributed by atoms with E-state index in [0.717, 1.165) is 32.4 Å². The molecular formula is C15H26BrNOS. The fourth-order valence-corrected chi connectivity index (χ4v) is 4.15. The molecule has 1 N–H and O–H groups in total. The molecule has 0 radical (unpaired) electrons. The van der Waals surface area contributed by atoms with Gasteiger partial charge in [-0.25, -0.2) is 0 Å². The summed E-state index contributed by atoms with van der Waals surface area (Å²) in [6, 6.07) is 0.253. The van der Waals surface area contributed by atoms with Crippen LogP contribution < -0.4 is 5.32 Å². The first-order valence-electron chi connectivity index (χ1n) is 7.24. The third kappa shape index (κ3) is 4.03. The molecule has 0 saturated carbocycles. The molecule has 19 heavy (non-hydrogen) atoms. The summed E-state index contributed by atoms with van der Waals surface area (Å²) in [4.78, 5) is 0. The van der Waals surface area contributed by atoms with Crippen molar-refractivity contribution in [2.24, 2.45) is 0 Å². The van der Waals surface area contributed by atoms with Crippen LogP contribution in [0.5, 0.6) is 0 Å². The third-order valence-electron chi connectivity index (χ3n) is 3.71. The Labute approximate surface area is 130 Å². The molecule has 2 nitrogen and oxygen atoms in total. The summed E-state index contributed by atoms with van der Waals surface area (Å²) in [5.74, 6) is 0. The van der Waals surface area contributed by atoms with E-state index in [1.165, 1.54) is 10.0 Å². The first-order chi connectivity index (χ1) is 9.15. The van der Waals surface area contributed by atoms with Crippen LogP contribution in [0.25, 0.3) is 0 Å². The molecule has 0 fully saturated rings. The second kappa shape index (κ2) is 8.40. The van der Waals surface area contributed by atoms with Crippen LogP contribution in [-0.2, 0) is 4.74 Å². The minimum Gasteiger partial charge on any atom is -0.373 e. The van der Waals surface area contributed by atoms with Crippen LogP contribution in [-0.4, -0.2) is 18.8 Å². The summed E-state index contributed by atoms with van der Waals surface area (Å²) < 4.78 is 7.38. The quantitative estimate of drug-likeness (QED) is 0.667. The summed E-state index contributed by atoms with van der Waals surface area (Å²) in [6.07, 6.45) is 3.16. The lowest BCUT2D eigenvalue weighted by atomic mass is 9.84. The molecule has 0 amide bonds. The summed E-state index contributed by atoms with van der Waals surface area (Å²) in [5, 5.41) is 8.08. The van der Waals surface area contributed by atoms with E-state index in [9.17, 15) is 0 Å². The van der Waals surface area contributed by atoms with E-state index in [-0.39, 0.29) is 11.6 Å². The van der Waals surface area contributed by atoms with Crippen molar-refractivity contribution in [1.82, 2.24) is 5.32 Å². The molecule has 110 valence electrons. The third-order valence-corrected chi connectivity index (χ3v) is 5.46. The SMILES string of the molecule is CCCNC(c1cscc1Br)C(CC)(CC)OCC. The number of halogens is 1. The second-order valence-electron chi connectivity index (χ2n) is 4.77. The average Bonchev–Trinajstić information content (AvgIpc) is 2.84. The summed E-state index contributed by atoms with van der Waals surface area (Å²) >= 11 is 5.42. The van der Waals surface area contributed by atoms with Crippen LogP contribution in [0, 0.1) is 0 Å². The van der Waals surface area contributed by atoms with Crippen molar-refractivity contribution >= 4 is 27.3 Å². The predicted octanol–water partition coefficient (Wildman–Crippen LogP) is 5.15. The maximum Gasteiger partial charge on any atom is 0.0871 e. The van der Waals surface area contributed by atoms with Crippen molar-refractivity contribution < 1.29 is 4.74 Å². The molecule has 1 rings (SSSR count). The number of ether oxygens (including phenoxy) is 1. The molecule has 1 atom stereocenters. The topological polar surface area (TPSA) is 21.3 Å². The minimum absolute atomic E-state index is 0.118. The molecule has 0 aliphatic heterocycles.